The molecule has 0 bridgehead atoms. The first-order valence-electron chi connectivity index (χ1n) is 6.36. The number of aryl methyl sites for hydroxylation is 1. The highest BCUT2D eigenvalue weighted by atomic mass is 19.1. The number of para-hydroxylation sites is 1. The standard InChI is InChI=1S/C16H15FO2/c1-11-4-2-3-5-15(11)18-10-14-9-12-8-13(17)6-7-16(12)19-14/h2-8,14H,9-10H2,1H3. The van der Waals surface area contributed by atoms with E-state index in [0.717, 1.165) is 22.6 Å². The molecule has 2 aromatic rings. The van der Waals surface area contributed by atoms with E-state index in [1.807, 2.05) is 31.2 Å². The highest BCUT2D eigenvalue weighted by molar-refractivity contribution is 5.38. The molecule has 0 aromatic heterocycles. The Bertz CT molecular complexity index is 595. The van der Waals surface area contributed by atoms with E-state index in [4.69, 9.17) is 9.47 Å². The Hall–Kier alpha value is -2.03. The summed E-state index contributed by atoms with van der Waals surface area (Å²) in [5.41, 5.74) is 2.02. The minimum Gasteiger partial charge on any atom is -0.489 e. The SMILES string of the molecule is Cc1ccccc1OCC1Cc2cc(F)ccc2O1. The number of halogens is 1. The summed E-state index contributed by atoms with van der Waals surface area (Å²) >= 11 is 0. The van der Waals surface area contributed by atoms with Crippen molar-refractivity contribution in [3.63, 3.8) is 0 Å². The van der Waals surface area contributed by atoms with Crippen molar-refractivity contribution in [2.45, 2.75) is 19.4 Å². The molecule has 3 rings (SSSR count). The molecule has 0 saturated carbocycles. The van der Waals surface area contributed by atoms with Gasteiger partial charge in [0.15, 0.2) is 0 Å². The molecule has 1 aliphatic rings. The monoisotopic (exact) mass is 258 g/mol. The molecule has 0 N–H and O–H groups in total. The Morgan fingerprint density at radius 3 is 2.95 bits per heavy atom. The highest BCUT2D eigenvalue weighted by Gasteiger charge is 2.23. The van der Waals surface area contributed by atoms with Crippen molar-refractivity contribution < 1.29 is 13.9 Å². The largest absolute Gasteiger partial charge is 0.489 e. The molecule has 1 atom stereocenters. The van der Waals surface area contributed by atoms with Crippen LogP contribution < -0.4 is 9.47 Å². The summed E-state index contributed by atoms with van der Waals surface area (Å²) in [5.74, 6) is 1.41. The summed E-state index contributed by atoms with van der Waals surface area (Å²) < 4.78 is 24.6. The number of rotatable bonds is 3. The highest BCUT2D eigenvalue weighted by Crippen LogP contribution is 2.29. The van der Waals surface area contributed by atoms with Crippen LogP contribution in [0.2, 0.25) is 0 Å². The topological polar surface area (TPSA) is 18.5 Å². The summed E-state index contributed by atoms with van der Waals surface area (Å²) in [6.45, 7) is 2.48. The zero-order valence-corrected chi connectivity index (χ0v) is 10.7. The molecule has 1 unspecified atom stereocenters. The van der Waals surface area contributed by atoms with Crippen LogP contribution in [-0.4, -0.2) is 12.7 Å². The molecule has 0 fully saturated rings. The molecule has 1 heterocycles. The lowest BCUT2D eigenvalue weighted by molar-refractivity contribution is 0.148. The molecule has 2 aromatic carbocycles. The third-order valence-corrected chi connectivity index (χ3v) is 3.28. The second kappa shape index (κ2) is 4.92. The van der Waals surface area contributed by atoms with E-state index in [0.29, 0.717) is 13.0 Å². The predicted molar refractivity (Wildman–Crippen MR) is 71.2 cm³/mol. The molecule has 98 valence electrons. The van der Waals surface area contributed by atoms with E-state index in [1.165, 1.54) is 12.1 Å². The van der Waals surface area contributed by atoms with Crippen molar-refractivity contribution >= 4 is 0 Å². The quantitative estimate of drug-likeness (QED) is 0.838. The van der Waals surface area contributed by atoms with Crippen LogP contribution in [0.3, 0.4) is 0 Å². The lowest BCUT2D eigenvalue weighted by atomic mass is 10.1. The second-order valence-electron chi connectivity index (χ2n) is 4.77. The van der Waals surface area contributed by atoms with Gasteiger partial charge in [-0.15, -0.1) is 0 Å². The average molecular weight is 258 g/mol. The van der Waals surface area contributed by atoms with E-state index in [2.05, 4.69) is 0 Å². The molecule has 0 spiro atoms. The number of hydrogen-bond acceptors (Lipinski definition) is 2. The van der Waals surface area contributed by atoms with Gasteiger partial charge in [-0.25, -0.2) is 4.39 Å². The van der Waals surface area contributed by atoms with Crippen LogP contribution in [0, 0.1) is 12.7 Å². The summed E-state index contributed by atoms with van der Waals surface area (Å²) in [6, 6.07) is 12.5. The van der Waals surface area contributed by atoms with Gasteiger partial charge in [0.2, 0.25) is 0 Å². The van der Waals surface area contributed by atoms with Gasteiger partial charge in [0.05, 0.1) is 0 Å². The first-order valence-corrected chi connectivity index (χ1v) is 6.36. The first kappa shape index (κ1) is 12.0. The molecular formula is C16H15FO2. The van der Waals surface area contributed by atoms with Gasteiger partial charge in [-0.05, 0) is 36.8 Å². The fourth-order valence-corrected chi connectivity index (χ4v) is 2.28. The van der Waals surface area contributed by atoms with Crippen LogP contribution in [-0.2, 0) is 6.42 Å². The van der Waals surface area contributed by atoms with E-state index in [9.17, 15) is 4.39 Å². The lowest BCUT2D eigenvalue weighted by Crippen LogP contribution is -2.22. The van der Waals surface area contributed by atoms with E-state index in [1.54, 1.807) is 6.07 Å². The van der Waals surface area contributed by atoms with Crippen LogP contribution in [0.1, 0.15) is 11.1 Å². The summed E-state index contributed by atoms with van der Waals surface area (Å²) in [4.78, 5) is 0. The Labute approximate surface area is 111 Å². The second-order valence-corrected chi connectivity index (χ2v) is 4.77. The van der Waals surface area contributed by atoms with Gasteiger partial charge < -0.3 is 9.47 Å². The normalized spacial score (nSPS) is 16.8. The third kappa shape index (κ3) is 2.55. The molecule has 0 amide bonds. The van der Waals surface area contributed by atoms with Crippen molar-refractivity contribution in [3.8, 4) is 11.5 Å². The van der Waals surface area contributed by atoms with Gasteiger partial charge in [0, 0.05) is 12.0 Å². The van der Waals surface area contributed by atoms with E-state index < -0.39 is 0 Å². The fraction of sp³-hybridized carbons (Fsp3) is 0.250. The summed E-state index contributed by atoms with van der Waals surface area (Å²) in [7, 11) is 0. The minimum absolute atomic E-state index is 0.0450. The van der Waals surface area contributed by atoms with Gasteiger partial charge in [-0.3, -0.25) is 0 Å². The van der Waals surface area contributed by atoms with Gasteiger partial charge in [0.1, 0.15) is 30.0 Å². The maximum absolute atomic E-state index is 13.1. The number of benzene rings is 2. The average Bonchev–Trinajstić information content (AvgIpc) is 2.79. The molecule has 1 aliphatic heterocycles. The fourth-order valence-electron chi connectivity index (χ4n) is 2.28. The van der Waals surface area contributed by atoms with Gasteiger partial charge in [0.25, 0.3) is 0 Å². The maximum Gasteiger partial charge on any atom is 0.137 e. The minimum atomic E-state index is -0.220. The van der Waals surface area contributed by atoms with E-state index in [-0.39, 0.29) is 11.9 Å². The lowest BCUT2D eigenvalue weighted by Gasteiger charge is -2.13. The third-order valence-electron chi connectivity index (χ3n) is 3.28. The number of hydrogen-bond donors (Lipinski definition) is 0. The van der Waals surface area contributed by atoms with Crippen LogP contribution in [0.25, 0.3) is 0 Å². The smallest absolute Gasteiger partial charge is 0.137 e. The van der Waals surface area contributed by atoms with Crippen LogP contribution >= 0.6 is 0 Å². The summed E-state index contributed by atoms with van der Waals surface area (Å²) in [6.07, 6.45) is 0.648. The molecule has 0 radical (unpaired) electrons. The van der Waals surface area contributed by atoms with Crippen LogP contribution in [0.15, 0.2) is 42.5 Å². The zero-order chi connectivity index (χ0) is 13.2. The number of fused-ring (bicyclic) bond motifs is 1. The molecule has 0 saturated heterocycles. The van der Waals surface area contributed by atoms with Gasteiger partial charge in [-0.2, -0.15) is 0 Å². The Kier molecular flexibility index (Phi) is 3.11. The molecular weight excluding hydrogens is 243 g/mol. The van der Waals surface area contributed by atoms with Crippen molar-refractivity contribution in [2.24, 2.45) is 0 Å². The van der Waals surface area contributed by atoms with Crippen molar-refractivity contribution in [2.75, 3.05) is 6.61 Å². The molecule has 0 aliphatic carbocycles. The van der Waals surface area contributed by atoms with Crippen molar-refractivity contribution in [1.82, 2.24) is 0 Å². The summed E-state index contributed by atoms with van der Waals surface area (Å²) in [5, 5.41) is 0. The first-order chi connectivity index (χ1) is 9.22. The van der Waals surface area contributed by atoms with Crippen LogP contribution in [0.4, 0.5) is 4.39 Å². The van der Waals surface area contributed by atoms with Crippen molar-refractivity contribution in [3.05, 3.63) is 59.4 Å². The van der Waals surface area contributed by atoms with Crippen LogP contribution in [0.5, 0.6) is 11.5 Å². The Morgan fingerprint density at radius 2 is 2.11 bits per heavy atom. The number of ether oxygens (including phenoxy) is 2. The van der Waals surface area contributed by atoms with Crippen molar-refractivity contribution in [1.29, 1.82) is 0 Å². The predicted octanol–water partition coefficient (Wildman–Crippen LogP) is 3.52. The van der Waals surface area contributed by atoms with Gasteiger partial charge in [-0.1, -0.05) is 18.2 Å². The molecule has 2 nitrogen and oxygen atoms in total. The Morgan fingerprint density at radius 1 is 1.26 bits per heavy atom. The Balaban J connectivity index is 1.63. The van der Waals surface area contributed by atoms with Gasteiger partial charge >= 0.3 is 0 Å². The molecule has 3 heteroatoms. The maximum atomic E-state index is 13.1. The van der Waals surface area contributed by atoms with E-state index >= 15 is 0 Å². The molecule has 19 heavy (non-hydrogen) atoms. The zero-order valence-electron chi connectivity index (χ0n) is 10.7.